The molecule has 2 fully saturated rings. The maximum absolute atomic E-state index is 6.20. The van der Waals surface area contributed by atoms with Crippen LogP contribution in [-0.4, -0.2) is 37.3 Å². The molecule has 2 aliphatic carbocycles. The molecule has 0 radical (unpaired) electrons. The van der Waals surface area contributed by atoms with Gasteiger partial charge in [-0.15, -0.1) is 10.2 Å². The van der Waals surface area contributed by atoms with E-state index in [4.69, 9.17) is 4.74 Å². The van der Waals surface area contributed by atoms with Gasteiger partial charge in [-0.1, -0.05) is 13.3 Å². The Morgan fingerprint density at radius 2 is 2.21 bits per heavy atom. The van der Waals surface area contributed by atoms with Crippen LogP contribution in [0.25, 0.3) is 16.8 Å². The molecule has 0 aliphatic heterocycles. The third-order valence-corrected chi connectivity index (χ3v) is 5.74. The normalized spacial score (nSPS) is 27.5. The van der Waals surface area contributed by atoms with Gasteiger partial charge in [-0.25, -0.2) is 4.98 Å². The van der Waals surface area contributed by atoms with Crippen LogP contribution in [0.5, 0.6) is 0 Å². The molecule has 2 aliphatic rings. The third kappa shape index (κ3) is 2.32. The largest absolute Gasteiger partial charge is 0.378 e. The van der Waals surface area contributed by atoms with Crippen LogP contribution < -0.4 is 0 Å². The molecule has 2 saturated carbocycles. The van der Waals surface area contributed by atoms with Gasteiger partial charge >= 0.3 is 0 Å². The van der Waals surface area contributed by atoms with E-state index in [1.54, 1.807) is 6.20 Å². The van der Waals surface area contributed by atoms with E-state index in [2.05, 4.69) is 37.6 Å². The van der Waals surface area contributed by atoms with Crippen LogP contribution >= 0.6 is 0 Å². The summed E-state index contributed by atoms with van der Waals surface area (Å²) in [6, 6.07) is 2.05. The molecule has 6 nitrogen and oxygen atoms in total. The van der Waals surface area contributed by atoms with E-state index in [1.807, 2.05) is 6.20 Å². The van der Waals surface area contributed by atoms with Crippen LogP contribution in [0.15, 0.2) is 18.5 Å². The second kappa shape index (κ2) is 5.55. The number of H-pyrrole nitrogens is 1. The van der Waals surface area contributed by atoms with Crippen molar-refractivity contribution in [2.45, 2.75) is 51.0 Å². The molecule has 3 heterocycles. The Morgan fingerprint density at radius 1 is 1.29 bits per heavy atom. The summed E-state index contributed by atoms with van der Waals surface area (Å²) in [5, 5.41) is 8.92. The van der Waals surface area contributed by atoms with Gasteiger partial charge in [-0.3, -0.25) is 4.40 Å². The average Bonchev–Trinajstić information content (AvgIpc) is 3.02. The summed E-state index contributed by atoms with van der Waals surface area (Å²) in [5.74, 6) is 2.92. The fourth-order valence-corrected chi connectivity index (χ4v) is 4.17. The van der Waals surface area contributed by atoms with Crippen molar-refractivity contribution in [2.24, 2.45) is 11.8 Å². The summed E-state index contributed by atoms with van der Waals surface area (Å²) in [6.07, 6.45) is 10.1. The molecule has 0 amide bonds. The van der Waals surface area contributed by atoms with E-state index in [-0.39, 0.29) is 0 Å². The third-order valence-electron chi connectivity index (χ3n) is 5.74. The number of ether oxygens (including phenoxy) is 1. The Morgan fingerprint density at radius 3 is 3.04 bits per heavy atom. The molecular formula is C18H23N5O. The molecule has 24 heavy (non-hydrogen) atoms. The van der Waals surface area contributed by atoms with Crippen molar-refractivity contribution >= 4 is 16.8 Å². The summed E-state index contributed by atoms with van der Waals surface area (Å²) in [6.45, 7) is 3.22. The van der Waals surface area contributed by atoms with E-state index >= 15 is 0 Å². The first-order valence-corrected chi connectivity index (χ1v) is 9.12. The van der Waals surface area contributed by atoms with E-state index in [9.17, 15) is 0 Å². The SMILES string of the molecule is CC[C@@H]1C[C@H](OCC2CC2)C[C@@H]1c1nnc2cnc3[nH]ccc3n12. The second-order valence-electron chi connectivity index (χ2n) is 7.37. The fraction of sp³-hybridized carbons (Fsp3) is 0.611. The standard InChI is InChI=1S/C18H23N5O/c1-2-12-7-13(24-10-11-3-4-11)8-14(12)18-22-21-16-9-20-17-15(23(16)18)5-6-19-17/h5-6,9,11-14,19H,2-4,7-8,10H2,1H3/t12-,13+,14+/m1/s1. The summed E-state index contributed by atoms with van der Waals surface area (Å²) in [7, 11) is 0. The van der Waals surface area contributed by atoms with Crippen molar-refractivity contribution in [1.29, 1.82) is 0 Å². The molecule has 0 aromatic carbocycles. The monoisotopic (exact) mass is 325 g/mol. The molecule has 6 heteroatoms. The van der Waals surface area contributed by atoms with Crippen LogP contribution in [0, 0.1) is 11.8 Å². The summed E-state index contributed by atoms with van der Waals surface area (Å²) in [4.78, 5) is 7.60. The molecule has 0 spiro atoms. The van der Waals surface area contributed by atoms with Crippen molar-refractivity contribution in [3.8, 4) is 0 Å². The first-order valence-electron chi connectivity index (χ1n) is 9.12. The highest BCUT2D eigenvalue weighted by Gasteiger charge is 2.38. The lowest BCUT2D eigenvalue weighted by Gasteiger charge is -2.15. The topological polar surface area (TPSA) is 68.1 Å². The molecule has 3 aromatic rings. The Labute approximate surface area is 140 Å². The Bertz CT molecular complexity index is 865. The van der Waals surface area contributed by atoms with Gasteiger partial charge in [0.25, 0.3) is 0 Å². The number of fused-ring (bicyclic) bond motifs is 3. The zero-order valence-corrected chi connectivity index (χ0v) is 14.0. The van der Waals surface area contributed by atoms with Gasteiger partial charge in [0.15, 0.2) is 11.3 Å². The first-order chi connectivity index (χ1) is 11.8. The lowest BCUT2D eigenvalue weighted by atomic mass is 9.93. The van der Waals surface area contributed by atoms with Crippen LogP contribution in [0.2, 0.25) is 0 Å². The van der Waals surface area contributed by atoms with Crippen LogP contribution in [0.4, 0.5) is 0 Å². The summed E-state index contributed by atoms with van der Waals surface area (Å²) in [5.41, 5.74) is 2.77. The van der Waals surface area contributed by atoms with Gasteiger partial charge in [-0.05, 0) is 43.6 Å². The predicted molar refractivity (Wildman–Crippen MR) is 90.9 cm³/mol. The summed E-state index contributed by atoms with van der Waals surface area (Å²) < 4.78 is 8.37. The van der Waals surface area contributed by atoms with Gasteiger partial charge in [0.1, 0.15) is 5.82 Å². The minimum Gasteiger partial charge on any atom is -0.378 e. The number of hydrogen-bond acceptors (Lipinski definition) is 4. The lowest BCUT2D eigenvalue weighted by Crippen LogP contribution is -2.11. The maximum atomic E-state index is 6.20. The lowest BCUT2D eigenvalue weighted by molar-refractivity contribution is 0.0475. The number of hydrogen-bond donors (Lipinski definition) is 1. The number of nitrogens with one attached hydrogen (secondary N) is 1. The molecule has 0 saturated heterocycles. The molecule has 3 atom stereocenters. The molecule has 0 unspecified atom stereocenters. The van der Waals surface area contributed by atoms with E-state index in [1.165, 1.54) is 12.8 Å². The van der Waals surface area contributed by atoms with Gasteiger partial charge in [0, 0.05) is 18.7 Å². The van der Waals surface area contributed by atoms with Crippen molar-refractivity contribution in [1.82, 2.24) is 24.6 Å². The first kappa shape index (κ1) is 14.4. The van der Waals surface area contributed by atoms with Gasteiger partial charge < -0.3 is 9.72 Å². The summed E-state index contributed by atoms with van der Waals surface area (Å²) >= 11 is 0. The van der Waals surface area contributed by atoms with Gasteiger partial charge in [0.05, 0.1) is 17.8 Å². The average molecular weight is 325 g/mol. The minimum absolute atomic E-state index is 0.372. The van der Waals surface area contributed by atoms with Crippen LogP contribution in [0.1, 0.15) is 50.8 Å². The predicted octanol–water partition coefficient (Wildman–Crippen LogP) is 3.30. The minimum atomic E-state index is 0.372. The Balaban J connectivity index is 1.49. The van der Waals surface area contributed by atoms with E-state index in [0.717, 1.165) is 54.4 Å². The molecule has 126 valence electrons. The van der Waals surface area contributed by atoms with Crippen molar-refractivity contribution in [2.75, 3.05) is 6.61 Å². The zero-order chi connectivity index (χ0) is 16.1. The quantitative estimate of drug-likeness (QED) is 0.781. The highest BCUT2D eigenvalue weighted by molar-refractivity contribution is 5.74. The molecule has 1 N–H and O–H groups in total. The highest BCUT2D eigenvalue weighted by Crippen LogP contribution is 2.43. The number of aromatic amines is 1. The van der Waals surface area contributed by atoms with E-state index in [0.29, 0.717) is 17.9 Å². The fourth-order valence-electron chi connectivity index (χ4n) is 4.17. The molecular weight excluding hydrogens is 302 g/mol. The van der Waals surface area contributed by atoms with Gasteiger partial charge in [-0.2, -0.15) is 0 Å². The van der Waals surface area contributed by atoms with Crippen LogP contribution in [-0.2, 0) is 4.74 Å². The second-order valence-corrected chi connectivity index (χ2v) is 7.37. The van der Waals surface area contributed by atoms with Crippen molar-refractivity contribution < 1.29 is 4.74 Å². The molecule has 5 rings (SSSR count). The Kier molecular flexibility index (Phi) is 3.33. The van der Waals surface area contributed by atoms with Crippen molar-refractivity contribution in [3.05, 3.63) is 24.3 Å². The van der Waals surface area contributed by atoms with Gasteiger partial charge in [0.2, 0.25) is 0 Å². The number of rotatable bonds is 5. The Hall–Kier alpha value is -1.95. The maximum Gasteiger partial charge on any atom is 0.179 e. The molecule has 3 aromatic heterocycles. The molecule has 0 bridgehead atoms. The van der Waals surface area contributed by atoms with Crippen LogP contribution in [0.3, 0.4) is 0 Å². The highest BCUT2D eigenvalue weighted by atomic mass is 16.5. The van der Waals surface area contributed by atoms with E-state index < -0.39 is 0 Å². The number of aromatic nitrogens is 5. The number of nitrogens with zero attached hydrogens (tertiary/aromatic N) is 4. The smallest absolute Gasteiger partial charge is 0.179 e. The zero-order valence-electron chi connectivity index (χ0n) is 14.0. The van der Waals surface area contributed by atoms with Crippen molar-refractivity contribution in [3.63, 3.8) is 0 Å².